The van der Waals surface area contributed by atoms with Crippen LogP contribution >= 0.6 is 0 Å². The van der Waals surface area contributed by atoms with Crippen molar-refractivity contribution in [2.24, 2.45) is 5.92 Å². The van der Waals surface area contributed by atoms with E-state index >= 15 is 0 Å². The maximum Gasteiger partial charge on any atom is -0.00161 e. The molecule has 1 heteroatoms. The number of likely N-dealkylation sites (tertiary alicyclic amines) is 1. The van der Waals surface area contributed by atoms with Gasteiger partial charge in [0.1, 0.15) is 0 Å². The predicted octanol–water partition coefficient (Wildman–Crippen LogP) is 2.66. The molecule has 0 aromatic rings. The number of piperidine rings is 1. The summed E-state index contributed by atoms with van der Waals surface area (Å²) in [6, 6.07) is 0. The molecule has 0 atom stereocenters. The first-order chi connectivity index (χ1) is 5.95. The van der Waals surface area contributed by atoms with E-state index in [0.717, 1.165) is 5.92 Å². The molecule has 0 N–H and O–H groups in total. The van der Waals surface area contributed by atoms with E-state index in [-0.39, 0.29) is 0 Å². The van der Waals surface area contributed by atoms with Gasteiger partial charge in [0.25, 0.3) is 0 Å². The van der Waals surface area contributed by atoms with Crippen LogP contribution in [0.25, 0.3) is 0 Å². The molecule has 0 bridgehead atoms. The van der Waals surface area contributed by atoms with Crippen molar-refractivity contribution in [2.45, 2.75) is 44.9 Å². The zero-order valence-corrected chi connectivity index (χ0v) is 8.10. The summed E-state index contributed by atoms with van der Waals surface area (Å²) in [4.78, 5) is 2.67. The van der Waals surface area contributed by atoms with Crippen molar-refractivity contribution in [3.05, 3.63) is 0 Å². The molecule has 0 spiro atoms. The van der Waals surface area contributed by atoms with Crippen molar-refractivity contribution in [1.82, 2.24) is 4.90 Å². The zero-order chi connectivity index (χ0) is 8.23. The summed E-state index contributed by atoms with van der Waals surface area (Å²) >= 11 is 0. The molecule has 1 saturated carbocycles. The molecule has 70 valence electrons. The molecule has 2 rings (SSSR count). The fourth-order valence-corrected chi connectivity index (χ4v) is 2.33. The van der Waals surface area contributed by atoms with E-state index in [1.807, 2.05) is 0 Å². The summed E-state index contributed by atoms with van der Waals surface area (Å²) in [6.45, 7) is 4.16. The van der Waals surface area contributed by atoms with Crippen LogP contribution in [-0.2, 0) is 0 Å². The highest BCUT2D eigenvalue weighted by atomic mass is 15.1. The Kier molecular flexibility index (Phi) is 3.04. The van der Waals surface area contributed by atoms with E-state index in [1.165, 1.54) is 64.6 Å². The Labute approximate surface area is 76.1 Å². The Hall–Kier alpha value is -0.0400. The minimum Gasteiger partial charge on any atom is -0.303 e. The van der Waals surface area contributed by atoms with E-state index in [2.05, 4.69) is 4.90 Å². The lowest BCUT2D eigenvalue weighted by Gasteiger charge is -2.31. The summed E-state index contributed by atoms with van der Waals surface area (Å²) in [7, 11) is 0. The molecule has 0 amide bonds. The van der Waals surface area contributed by atoms with E-state index in [0.29, 0.717) is 0 Å². The molecule has 0 unspecified atom stereocenters. The second-order valence-corrected chi connectivity index (χ2v) is 4.49. The molecule has 1 nitrogen and oxygen atoms in total. The normalized spacial score (nSPS) is 27.0. The fraction of sp³-hybridized carbons (Fsp3) is 1.00. The molecule has 0 radical (unpaired) electrons. The second-order valence-electron chi connectivity index (χ2n) is 4.49. The van der Waals surface area contributed by atoms with Crippen LogP contribution in [0, 0.1) is 5.92 Å². The second kappa shape index (κ2) is 4.27. The Bertz CT molecular complexity index is 123. The molecule has 2 aliphatic rings. The minimum atomic E-state index is 1.10. The van der Waals surface area contributed by atoms with Gasteiger partial charge in [0, 0.05) is 0 Å². The van der Waals surface area contributed by atoms with Gasteiger partial charge in [-0.3, -0.25) is 0 Å². The monoisotopic (exact) mass is 167 g/mol. The van der Waals surface area contributed by atoms with Gasteiger partial charge >= 0.3 is 0 Å². The van der Waals surface area contributed by atoms with Gasteiger partial charge in [0.05, 0.1) is 0 Å². The standard InChI is InChI=1S/C11H21N/c1-2-8-12(9-3-1)10-7-11-5-4-6-11/h11H,1-10H2. The average molecular weight is 167 g/mol. The van der Waals surface area contributed by atoms with Crippen LogP contribution in [0.5, 0.6) is 0 Å². The Morgan fingerprint density at radius 3 is 2.25 bits per heavy atom. The predicted molar refractivity (Wildman–Crippen MR) is 52.2 cm³/mol. The molecule has 1 heterocycles. The van der Waals surface area contributed by atoms with E-state index in [1.54, 1.807) is 0 Å². The van der Waals surface area contributed by atoms with Crippen LogP contribution in [0.4, 0.5) is 0 Å². The minimum absolute atomic E-state index is 1.10. The summed E-state index contributed by atoms with van der Waals surface area (Å²) in [5.74, 6) is 1.10. The highest BCUT2D eigenvalue weighted by molar-refractivity contribution is 4.72. The van der Waals surface area contributed by atoms with Gasteiger partial charge in [-0.2, -0.15) is 0 Å². The SMILES string of the molecule is C1CCN(CCC2CCC2)CC1. The molecule has 1 aliphatic carbocycles. The van der Waals surface area contributed by atoms with Gasteiger partial charge < -0.3 is 4.90 Å². The highest BCUT2D eigenvalue weighted by Gasteiger charge is 2.18. The first-order valence-electron chi connectivity index (χ1n) is 5.67. The average Bonchev–Trinajstić information content (AvgIpc) is 2.04. The van der Waals surface area contributed by atoms with Crippen LogP contribution in [-0.4, -0.2) is 24.5 Å². The van der Waals surface area contributed by atoms with E-state index in [9.17, 15) is 0 Å². The number of rotatable bonds is 3. The zero-order valence-electron chi connectivity index (χ0n) is 8.10. The molecule has 0 aromatic carbocycles. The summed E-state index contributed by atoms with van der Waals surface area (Å²) < 4.78 is 0. The third kappa shape index (κ3) is 2.22. The van der Waals surface area contributed by atoms with Gasteiger partial charge in [0.15, 0.2) is 0 Å². The van der Waals surface area contributed by atoms with Gasteiger partial charge in [-0.15, -0.1) is 0 Å². The van der Waals surface area contributed by atoms with Gasteiger partial charge in [0.2, 0.25) is 0 Å². The van der Waals surface area contributed by atoms with Crippen LogP contribution in [0.3, 0.4) is 0 Å². The van der Waals surface area contributed by atoms with Crippen molar-refractivity contribution in [2.75, 3.05) is 19.6 Å². The maximum absolute atomic E-state index is 2.67. The van der Waals surface area contributed by atoms with Gasteiger partial charge in [-0.1, -0.05) is 25.7 Å². The first kappa shape index (κ1) is 8.55. The van der Waals surface area contributed by atoms with Crippen LogP contribution < -0.4 is 0 Å². The highest BCUT2D eigenvalue weighted by Crippen LogP contribution is 2.29. The third-order valence-electron chi connectivity index (χ3n) is 3.53. The Morgan fingerprint density at radius 2 is 1.67 bits per heavy atom. The van der Waals surface area contributed by atoms with Crippen molar-refractivity contribution >= 4 is 0 Å². The van der Waals surface area contributed by atoms with E-state index in [4.69, 9.17) is 0 Å². The van der Waals surface area contributed by atoms with Gasteiger partial charge in [-0.25, -0.2) is 0 Å². The maximum atomic E-state index is 2.67. The lowest BCUT2D eigenvalue weighted by molar-refractivity contribution is 0.189. The van der Waals surface area contributed by atoms with Crippen molar-refractivity contribution < 1.29 is 0 Å². The third-order valence-corrected chi connectivity index (χ3v) is 3.53. The lowest BCUT2D eigenvalue weighted by atomic mass is 9.83. The quantitative estimate of drug-likeness (QED) is 0.624. The number of hydrogen-bond acceptors (Lipinski definition) is 1. The molecule has 1 saturated heterocycles. The molecular weight excluding hydrogens is 146 g/mol. The molecule has 2 fully saturated rings. The first-order valence-corrected chi connectivity index (χ1v) is 5.67. The summed E-state index contributed by atoms with van der Waals surface area (Å²) in [5, 5.41) is 0. The topological polar surface area (TPSA) is 3.24 Å². The van der Waals surface area contributed by atoms with E-state index < -0.39 is 0 Å². The van der Waals surface area contributed by atoms with Crippen LogP contribution in [0.1, 0.15) is 44.9 Å². The fourth-order valence-electron chi connectivity index (χ4n) is 2.33. The molecule has 12 heavy (non-hydrogen) atoms. The number of hydrogen-bond donors (Lipinski definition) is 0. The molecule has 0 aromatic heterocycles. The molecule has 1 aliphatic heterocycles. The summed E-state index contributed by atoms with van der Waals surface area (Å²) in [6.07, 6.45) is 10.4. The summed E-state index contributed by atoms with van der Waals surface area (Å²) in [5.41, 5.74) is 0. The van der Waals surface area contributed by atoms with Crippen molar-refractivity contribution in [1.29, 1.82) is 0 Å². The van der Waals surface area contributed by atoms with Crippen molar-refractivity contribution in [3.63, 3.8) is 0 Å². The molecular formula is C11H21N. The van der Waals surface area contributed by atoms with Crippen molar-refractivity contribution in [3.8, 4) is 0 Å². The largest absolute Gasteiger partial charge is 0.303 e. The lowest BCUT2D eigenvalue weighted by Crippen LogP contribution is -2.32. The van der Waals surface area contributed by atoms with Gasteiger partial charge in [-0.05, 0) is 44.8 Å². The Balaban J connectivity index is 1.58. The van der Waals surface area contributed by atoms with Crippen LogP contribution in [0.2, 0.25) is 0 Å². The Morgan fingerprint density at radius 1 is 0.917 bits per heavy atom. The van der Waals surface area contributed by atoms with Crippen LogP contribution in [0.15, 0.2) is 0 Å². The smallest absolute Gasteiger partial charge is 0.00161 e. The number of nitrogens with zero attached hydrogens (tertiary/aromatic N) is 1.